The maximum atomic E-state index is 12.1. The predicted molar refractivity (Wildman–Crippen MR) is 198 cm³/mol. The summed E-state index contributed by atoms with van der Waals surface area (Å²) < 4.78 is 89.0. The van der Waals surface area contributed by atoms with Crippen molar-refractivity contribution in [1.29, 1.82) is 0 Å². The lowest BCUT2D eigenvalue weighted by Crippen LogP contribution is -2.25. The Bertz CT molecular complexity index is 1140. The Morgan fingerprint density at radius 1 is 0.491 bits per heavy atom. The Hall–Kier alpha value is -2.37. The minimum absolute atomic E-state index is 0.0172. The van der Waals surface area contributed by atoms with E-state index in [0.717, 1.165) is 5.56 Å². The van der Waals surface area contributed by atoms with Gasteiger partial charge in [-0.05, 0) is 25.5 Å². The summed E-state index contributed by atoms with van der Waals surface area (Å²) in [7, 11) is -3.78. The van der Waals surface area contributed by atoms with Crippen LogP contribution in [-0.2, 0) is 76.0 Å². The van der Waals surface area contributed by atoms with E-state index >= 15 is 0 Å². The summed E-state index contributed by atoms with van der Waals surface area (Å²) in [5, 5.41) is 11.2. The molecule has 0 spiro atoms. The molecule has 0 saturated heterocycles. The standard InChI is InChI=1S/C36H63NO17S/c1-33-3-5-34(6-4-33)55(41,42)54-32-31-53-30-29-52-28-27-51-26-25-50-24-23-49-22-21-48-20-19-47-18-17-46-16-15-45-14-13-44-12-11-43-10-2-9-37-35(38)7-8-36(39)40/h3-6H,2,7-32H2,1H3,(H,37,38)(H,39,40). The Morgan fingerprint density at radius 2 is 0.800 bits per heavy atom. The molecule has 2 N–H and O–H groups in total. The first-order chi connectivity index (χ1) is 26.8. The normalized spacial score (nSPS) is 11.7. The van der Waals surface area contributed by atoms with Crippen molar-refractivity contribution in [3.63, 3.8) is 0 Å². The molecular weight excluding hydrogens is 750 g/mol. The number of carboxylic acid groups (broad SMARTS) is 1. The van der Waals surface area contributed by atoms with Crippen LogP contribution >= 0.6 is 0 Å². The van der Waals surface area contributed by atoms with E-state index < -0.39 is 16.1 Å². The van der Waals surface area contributed by atoms with E-state index in [1.165, 1.54) is 12.1 Å². The molecule has 0 fully saturated rings. The van der Waals surface area contributed by atoms with Gasteiger partial charge in [-0.3, -0.25) is 13.8 Å². The fraction of sp³-hybridized carbons (Fsp3) is 0.778. The van der Waals surface area contributed by atoms with E-state index in [2.05, 4.69) is 5.32 Å². The molecule has 1 amide bonds. The lowest BCUT2D eigenvalue weighted by atomic mass is 10.2. The quantitative estimate of drug-likeness (QED) is 0.0703. The molecule has 1 aromatic rings. The first-order valence-electron chi connectivity index (χ1n) is 18.6. The Morgan fingerprint density at radius 3 is 1.13 bits per heavy atom. The van der Waals surface area contributed by atoms with Crippen LogP contribution in [0.25, 0.3) is 0 Å². The number of carboxylic acids is 1. The molecule has 0 heterocycles. The van der Waals surface area contributed by atoms with Gasteiger partial charge in [-0.15, -0.1) is 0 Å². The molecule has 0 radical (unpaired) electrons. The van der Waals surface area contributed by atoms with Gasteiger partial charge in [0, 0.05) is 19.6 Å². The molecule has 0 aliphatic rings. The van der Waals surface area contributed by atoms with Crippen LogP contribution in [-0.4, -0.2) is 184 Å². The predicted octanol–water partition coefficient (Wildman–Crippen LogP) is 1.25. The molecule has 18 nitrogen and oxygen atoms in total. The SMILES string of the molecule is Cc1ccc(S(=O)(=O)OCCOCCOCCOCCOCCOCCOCCOCCOCCOCCOCCOCCCNC(=O)CCC(=O)O)cc1. The highest BCUT2D eigenvalue weighted by Gasteiger charge is 2.14. The lowest BCUT2D eigenvalue weighted by Gasteiger charge is -2.09. The van der Waals surface area contributed by atoms with E-state index in [0.29, 0.717) is 152 Å². The Balaban J connectivity index is 1.66. The molecule has 0 saturated carbocycles. The summed E-state index contributed by atoms with van der Waals surface area (Å²) in [6.07, 6.45) is 0.455. The van der Waals surface area contributed by atoms with Crippen molar-refractivity contribution in [3.05, 3.63) is 29.8 Å². The number of hydrogen-bond donors (Lipinski definition) is 2. The van der Waals surface area contributed by atoms with Crippen molar-refractivity contribution >= 4 is 22.0 Å². The average Bonchev–Trinajstić information content (AvgIpc) is 3.16. The van der Waals surface area contributed by atoms with Crippen molar-refractivity contribution in [1.82, 2.24) is 5.32 Å². The van der Waals surface area contributed by atoms with Crippen LogP contribution in [0.4, 0.5) is 0 Å². The molecule has 0 aliphatic carbocycles. The zero-order valence-corrected chi connectivity index (χ0v) is 33.1. The van der Waals surface area contributed by atoms with Crippen LogP contribution in [0.5, 0.6) is 0 Å². The highest BCUT2D eigenvalue weighted by atomic mass is 32.2. The maximum Gasteiger partial charge on any atom is 0.303 e. The number of rotatable bonds is 42. The molecule has 0 unspecified atom stereocenters. The topological polar surface area (TPSA) is 211 Å². The van der Waals surface area contributed by atoms with Gasteiger partial charge in [0.05, 0.1) is 157 Å². The average molecular weight is 814 g/mol. The second kappa shape index (κ2) is 37.2. The summed E-state index contributed by atoms with van der Waals surface area (Å²) in [5.74, 6) is -1.26. The van der Waals surface area contributed by atoms with Crippen LogP contribution in [0.2, 0.25) is 0 Å². The van der Waals surface area contributed by atoms with Crippen molar-refractivity contribution in [2.45, 2.75) is 31.1 Å². The van der Waals surface area contributed by atoms with E-state index in [1.807, 2.05) is 6.92 Å². The van der Waals surface area contributed by atoms with Crippen molar-refractivity contribution < 1.29 is 79.4 Å². The van der Waals surface area contributed by atoms with Gasteiger partial charge in [-0.25, -0.2) is 0 Å². The van der Waals surface area contributed by atoms with Gasteiger partial charge in [-0.1, -0.05) is 17.7 Å². The Labute approximate surface area is 325 Å². The van der Waals surface area contributed by atoms with Crippen molar-refractivity contribution in [2.75, 3.05) is 159 Å². The highest BCUT2D eigenvalue weighted by molar-refractivity contribution is 7.86. The minimum atomic E-state index is -3.78. The molecule has 1 rings (SSSR count). The molecule has 55 heavy (non-hydrogen) atoms. The van der Waals surface area contributed by atoms with E-state index in [9.17, 15) is 18.0 Å². The highest BCUT2D eigenvalue weighted by Crippen LogP contribution is 2.12. The summed E-state index contributed by atoms with van der Waals surface area (Å²) in [5.41, 5.74) is 0.969. The zero-order valence-electron chi connectivity index (χ0n) is 32.3. The zero-order chi connectivity index (χ0) is 39.9. The third-order valence-electron chi connectivity index (χ3n) is 6.85. The molecule has 320 valence electrons. The van der Waals surface area contributed by atoms with Gasteiger partial charge in [0.25, 0.3) is 10.1 Å². The first kappa shape index (κ1) is 50.6. The van der Waals surface area contributed by atoms with Crippen LogP contribution < -0.4 is 5.32 Å². The van der Waals surface area contributed by atoms with Crippen LogP contribution in [0, 0.1) is 6.92 Å². The number of benzene rings is 1. The van der Waals surface area contributed by atoms with E-state index in [1.54, 1.807) is 12.1 Å². The summed E-state index contributed by atoms with van der Waals surface area (Å²) in [6.45, 7) is 11.7. The fourth-order valence-corrected chi connectivity index (χ4v) is 4.88. The minimum Gasteiger partial charge on any atom is -0.481 e. The smallest absolute Gasteiger partial charge is 0.303 e. The molecule has 19 heteroatoms. The summed E-state index contributed by atoms with van der Waals surface area (Å²) in [6, 6.07) is 6.46. The van der Waals surface area contributed by atoms with Crippen LogP contribution in [0.1, 0.15) is 24.8 Å². The summed E-state index contributed by atoms with van der Waals surface area (Å²) in [4.78, 5) is 21.9. The number of nitrogens with one attached hydrogen (secondary N) is 1. The summed E-state index contributed by atoms with van der Waals surface area (Å²) >= 11 is 0. The van der Waals surface area contributed by atoms with E-state index in [4.69, 9.17) is 61.4 Å². The largest absolute Gasteiger partial charge is 0.481 e. The number of aliphatic carboxylic acids is 1. The number of amides is 1. The van der Waals surface area contributed by atoms with Crippen molar-refractivity contribution in [2.24, 2.45) is 0 Å². The van der Waals surface area contributed by atoms with E-state index in [-0.39, 0.29) is 36.9 Å². The molecule has 0 bridgehead atoms. The van der Waals surface area contributed by atoms with Gasteiger partial charge in [0.1, 0.15) is 0 Å². The number of carbonyl (C=O) groups is 2. The van der Waals surface area contributed by atoms with Crippen molar-refractivity contribution in [3.8, 4) is 0 Å². The maximum absolute atomic E-state index is 12.1. The third-order valence-corrected chi connectivity index (χ3v) is 8.18. The molecule has 0 aliphatic heterocycles. The number of hydrogen-bond acceptors (Lipinski definition) is 16. The first-order valence-corrected chi connectivity index (χ1v) is 20.0. The van der Waals surface area contributed by atoms with Gasteiger partial charge in [0.2, 0.25) is 5.91 Å². The molecule has 0 aromatic heterocycles. The fourth-order valence-electron chi connectivity index (χ4n) is 3.99. The van der Waals surface area contributed by atoms with Gasteiger partial charge >= 0.3 is 5.97 Å². The molecular formula is C36H63NO17S. The van der Waals surface area contributed by atoms with Gasteiger partial charge < -0.3 is 62.5 Å². The monoisotopic (exact) mass is 813 g/mol. The Kier molecular flexibility index (Phi) is 34.3. The van der Waals surface area contributed by atoms with Crippen LogP contribution in [0.15, 0.2) is 29.2 Å². The van der Waals surface area contributed by atoms with Gasteiger partial charge in [-0.2, -0.15) is 8.42 Å². The number of carbonyl (C=O) groups excluding carboxylic acids is 1. The second-order valence-corrected chi connectivity index (χ2v) is 13.0. The second-order valence-electron chi connectivity index (χ2n) is 11.4. The number of ether oxygens (including phenoxy) is 11. The number of aryl methyl sites for hydroxylation is 1. The third kappa shape index (κ3) is 34.6. The van der Waals surface area contributed by atoms with Gasteiger partial charge in [0.15, 0.2) is 0 Å². The van der Waals surface area contributed by atoms with Crippen LogP contribution in [0.3, 0.4) is 0 Å². The molecule has 1 aromatic carbocycles. The molecule has 0 atom stereocenters. The lowest BCUT2D eigenvalue weighted by molar-refractivity contribution is -0.138.